The number of aliphatic carboxylic acids is 1. The molecule has 3 unspecified atom stereocenters. The summed E-state index contributed by atoms with van der Waals surface area (Å²) in [7, 11) is 0. The monoisotopic (exact) mass is 560 g/mol. The molecule has 11 heteroatoms. The lowest BCUT2D eigenvalue weighted by Gasteiger charge is -2.25. The Labute approximate surface area is 237 Å². The number of aromatic nitrogens is 2. The largest absolute Gasteiger partial charge is 0.480 e. The third kappa shape index (κ3) is 7.31. The molecule has 2 aromatic carbocycles. The first-order valence-electron chi connectivity index (χ1n) is 13.6. The fourth-order valence-electron chi connectivity index (χ4n) is 4.95. The van der Waals surface area contributed by atoms with Crippen molar-refractivity contribution in [1.29, 1.82) is 0 Å². The van der Waals surface area contributed by atoms with Crippen LogP contribution in [0.2, 0.25) is 0 Å². The van der Waals surface area contributed by atoms with Crippen molar-refractivity contribution < 1.29 is 24.3 Å². The van der Waals surface area contributed by atoms with Gasteiger partial charge in [0.05, 0.1) is 6.54 Å². The topological polar surface area (TPSA) is 182 Å². The number of para-hydroxylation sites is 2. The Bertz CT molecular complexity index is 1540. The summed E-state index contributed by atoms with van der Waals surface area (Å²) >= 11 is 0. The van der Waals surface area contributed by atoms with Gasteiger partial charge in [-0.05, 0) is 35.6 Å². The van der Waals surface area contributed by atoms with Gasteiger partial charge in [0.15, 0.2) is 0 Å². The lowest BCUT2D eigenvalue weighted by molar-refractivity contribution is -0.142. The van der Waals surface area contributed by atoms with E-state index in [1.54, 1.807) is 12.4 Å². The molecule has 2 aromatic heterocycles. The van der Waals surface area contributed by atoms with Gasteiger partial charge in [0.2, 0.25) is 17.7 Å². The van der Waals surface area contributed by atoms with Crippen LogP contribution in [-0.4, -0.2) is 63.4 Å². The van der Waals surface area contributed by atoms with E-state index >= 15 is 0 Å². The van der Waals surface area contributed by atoms with Crippen LogP contribution in [0.25, 0.3) is 21.8 Å². The van der Waals surface area contributed by atoms with Gasteiger partial charge in [-0.1, -0.05) is 50.2 Å². The molecule has 2 heterocycles. The van der Waals surface area contributed by atoms with Crippen molar-refractivity contribution in [3.05, 3.63) is 72.1 Å². The van der Waals surface area contributed by atoms with Gasteiger partial charge in [0, 0.05) is 47.0 Å². The van der Waals surface area contributed by atoms with Crippen molar-refractivity contribution in [2.24, 2.45) is 11.7 Å². The Morgan fingerprint density at radius 3 is 1.76 bits per heavy atom. The fourth-order valence-corrected chi connectivity index (χ4v) is 4.95. The van der Waals surface area contributed by atoms with Gasteiger partial charge in [-0.2, -0.15) is 0 Å². The number of benzene rings is 2. The highest BCUT2D eigenvalue weighted by molar-refractivity contribution is 5.94. The van der Waals surface area contributed by atoms with Crippen molar-refractivity contribution in [1.82, 2.24) is 25.9 Å². The predicted molar refractivity (Wildman–Crippen MR) is 156 cm³/mol. The molecule has 0 aliphatic heterocycles. The van der Waals surface area contributed by atoms with Crippen LogP contribution in [0, 0.1) is 5.92 Å². The summed E-state index contributed by atoms with van der Waals surface area (Å²) in [6.45, 7) is 3.49. The molecule has 4 rings (SSSR count). The molecule has 0 aliphatic carbocycles. The molecule has 0 saturated carbocycles. The lowest BCUT2D eigenvalue weighted by atomic mass is 9.99. The van der Waals surface area contributed by atoms with E-state index in [2.05, 4.69) is 25.9 Å². The number of nitrogens with two attached hydrogens (primary N) is 1. The third-order valence-corrected chi connectivity index (χ3v) is 6.99. The Kier molecular flexibility index (Phi) is 9.41. The summed E-state index contributed by atoms with van der Waals surface area (Å²) < 4.78 is 0. The van der Waals surface area contributed by atoms with Gasteiger partial charge < -0.3 is 36.8 Å². The van der Waals surface area contributed by atoms with E-state index in [-0.39, 0.29) is 31.7 Å². The number of hydrogen-bond acceptors (Lipinski definition) is 5. The Balaban J connectivity index is 1.51. The molecular formula is C30H36N6O5. The highest BCUT2D eigenvalue weighted by atomic mass is 16.4. The van der Waals surface area contributed by atoms with E-state index in [0.29, 0.717) is 0 Å². The summed E-state index contributed by atoms with van der Waals surface area (Å²) in [5.74, 6) is -2.88. The van der Waals surface area contributed by atoms with Crippen LogP contribution in [0.3, 0.4) is 0 Å². The smallest absolute Gasteiger partial charge is 0.326 e. The molecule has 0 aliphatic rings. The number of carboxylic acid groups (broad SMARTS) is 1. The summed E-state index contributed by atoms with van der Waals surface area (Å²) in [4.78, 5) is 57.5. The molecule has 4 aromatic rings. The second-order valence-corrected chi connectivity index (χ2v) is 10.5. The van der Waals surface area contributed by atoms with Crippen LogP contribution in [0.5, 0.6) is 0 Å². The SMILES string of the molecule is CC(C)CC(NC(=O)C(Cc1c[nH]c2ccccc12)NC(=O)CN)C(=O)NC(Cc1c[nH]c2ccccc12)C(=O)O. The van der Waals surface area contributed by atoms with Crippen LogP contribution >= 0.6 is 0 Å². The van der Waals surface area contributed by atoms with E-state index in [1.807, 2.05) is 62.4 Å². The summed E-state index contributed by atoms with van der Waals surface area (Å²) in [6, 6.07) is 11.9. The second-order valence-electron chi connectivity index (χ2n) is 10.5. The van der Waals surface area contributed by atoms with Gasteiger partial charge in [0.25, 0.3) is 0 Å². The van der Waals surface area contributed by atoms with E-state index in [1.165, 1.54) is 0 Å². The molecule has 0 saturated heterocycles. The number of carbonyl (C=O) groups excluding carboxylic acids is 3. The first kappa shape index (κ1) is 29.3. The number of fused-ring (bicyclic) bond motifs is 2. The van der Waals surface area contributed by atoms with Crippen molar-refractivity contribution >= 4 is 45.5 Å². The fraction of sp³-hybridized carbons (Fsp3) is 0.333. The Morgan fingerprint density at radius 2 is 1.24 bits per heavy atom. The zero-order valence-electron chi connectivity index (χ0n) is 23.1. The number of carbonyl (C=O) groups is 4. The van der Waals surface area contributed by atoms with E-state index in [4.69, 9.17) is 5.73 Å². The number of H-pyrrole nitrogens is 2. The van der Waals surface area contributed by atoms with Crippen molar-refractivity contribution in [2.45, 2.75) is 51.2 Å². The van der Waals surface area contributed by atoms with Gasteiger partial charge in [-0.25, -0.2) is 4.79 Å². The minimum absolute atomic E-state index is 0.00801. The highest BCUT2D eigenvalue weighted by Crippen LogP contribution is 2.21. The van der Waals surface area contributed by atoms with Crippen molar-refractivity contribution in [3.8, 4) is 0 Å². The van der Waals surface area contributed by atoms with Crippen LogP contribution in [-0.2, 0) is 32.0 Å². The molecule has 0 radical (unpaired) electrons. The third-order valence-electron chi connectivity index (χ3n) is 6.99. The number of rotatable bonds is 13. The molecule has 8 N–H and O–H groups in total. The first-order valence-corrected chi connectivity index (χ1v) is 13.6. The standard InChI is InChI=1S/C30H36N6O5/c1-17(2)11-24(28(38)36-26(30(40)41)13-19-16-33-23-10-6-4-8-21(19)23)35-29(39)25(34-27(37)14-31)12-18-15-32-22-9-5-3-7-20(18)22/h3-10,15-17,24-26,32-33H,11-14,31H2,1-2H3,(H,34,37)(H,35,39)(H,36,38)(H,40,41). The molecule has 41 heavy (non-hydrogen) atoms. The van der Waals surface area contributed by atoms with E-state index in [0.717, 1.165) is 32.9 Å². The molecule has 216 valence electrons. The number of carboxylic acids is 1. The van der Waals surface area contributed by atoms with Gasteiger partial charge in [0.1, 0.15) is 18.1 Å². The van der Waals surface area contributed by atoms with E-state index < -0.39 is 41.8 Å². The van der Waals surface area contributed by atoms with E-state index in [9.17, 15) is 24.3 Å². The minimum atomic E-state index is -1.22. The Morgan fingerprint density at radius 1 is 0.756 bits per heavy atom. The first-order chi connectivity index (χ1) is 19.7. The molecule has 3 amide bonds. The second kappa shape index (κ2) is 13.1. The molecule has 0 spiro atoms. The number of hydrogen-bond donors (Lipinski definition) is 7. The van der Waals surface area contributed by atoms with Crippen LogP contribution < -0.4 is 21.7 Å². The molecule has 3 atom stereocenters. The zero-order chi connectivity index (χ0) is 29.5. The number of amides is 3. The normalized spacial score (nSPS) is 13.6. The van der Waals surface area contributed by atoms with Gasteiger partial charge in [-0.3, -0.25) is 14.4 Å². The van der Waals surface area contributed by atoms with Gasteiger partial charge in [-0.15, -0.1) is 0 Å². The summed E-state index contributed by atoms with van der Waals surface area (Å²) in [5.41, 5.74) is 8.82. The number of nitrogens with one attached hydrogen (secondary N) is 5. The van der Waals surface area contributed by atoms with Crippen LogP contribution in [0.15, 0.2) is 60.9 Å². The molecule has 0 fully saturated rings. The van der Waals surface area contributed by atoms with Crippen LogP contribution in [0.4, 0.5) is 0 Å². The molecule has 0 bridgehead atoms. The maximum absolute atomic E-state index is 13.5. The van der Waals surface area contributed by atoms with Crippen molar-refractivity contribution in [2.75, 3.05) is 6.54 Å². The number of aromatic amines is 2. The lowest BCUT2D eigenvalue weighted by Crippen LogP contribution is -2.57. The zero-order valence-corrected chi connectivity index (χ0v) is 23.1. The molecule has 11 nitrogen and oxygen atoms in total. The van der Waals surface area contributed by atoms with Crippen LogP contribution in [0.1, 0.15) is 31.4 Å². The quantitative estimate of drug-likeness (QED) is 0.131. The Hall–Kier alpha value is -4.64. The molecular weight excluding hydrogens is 524 g/mol. The maximum atomic E-state index is 13.5. The minimum Gasteiger partial charge on any atom is -0.480 e. The summed E-state index contributed by atoms with van der Waals surface area (Å²) in [6.07, 6.45) is 4.00. The average molecular weight is 561 g/mol. The van der Waals surface area contributed by atoms with Gasteiger partial charge >= 0.3 is 5.97 Å². The predicted octanol–water partition coefficient (Wildman–Crippen LogP) is 1.98. The highest BCUT2D eigenvalue weighted by Gasteiger charge is 2.31. The summed E-state index contributed by atoms with van der Waals surface area (Å²) in [5, 5.41) is 19.7. The maximum Gasteiger partial charge on any atom is 0.326 e. The van der Waals surface area contributed by atoms with Crippen molar-refractivity contribution in [3.63, 3.8) is 0 Å². The average Bonchev–Trinajstić information content (AvgIpc) is 3.55.